The van der Waals surface area contributed by atoms with Crippen LogP contribution in [0.25, 0.3) is 88.8 Å². The predicted molar refractivity (Wildman–Crippen MR) is 190 cm³/mol. The summed E-state index contributed by atoms with van der Waals surface area (Å²) in [6.07, 6.45) is 0. The minimum absolute atomic E-state index is 0.0391. The van der Waals surface area contributed by atoms with E-state index in [1.54, 1.807) is 16.2 Å². The second-order valence-corrected chi connectivity index (χ2v) is 12.0. The van der Waals surface area contributed by atoms with Crippen molar-refractivity contribution in [2.75, 3.05) is 0 Å². The van der Waals surface area contributed by atoms with E-state index in [0.29, 0.717) is 5.82 Å². The minimum atomic E-state index is -0.0391. The summed E-state index contributed by atoms with van der Waals surface area (Å²) in [4.78, 5) is 22.7. The number of aromatic nitrogens is 4. The van der Waals surface area contributed by atoms with Gasteiger partial charge in [-0.15, -0.1) is 0 Å². The van der Waals surface area contributed by atoms with Gasteiger partial charge in [0.15, 0.2) is 5.82 Å². The van der Waals surface area contributed by atoms with Gasteiger partial charge < -0.3 is 4.42 Å². The first-order valence-electron chi connectivity index (χ1n) is 15.6. The Kier molecular flexibility index (Phi) is 5.99. The first-order valence-corrected chi connectivity index (χ1v) is 15.6. The molecule has 6 heteroatoms. The Morgan fingerprint density at radius 1 is 0.489 bits per heavy atom. The summed E-state index contributed by atoms with van der Waals surface area (Å²) < 4.78 is 9.65. The maximum Gasteiger partial charge on any atom is 0.328 e. The van der Waals surface area contributed by atoms with Crippen molar-refractivity contribution >= 4 is 43.7 Å². The third kappa shape index (κ3) is 4.45. The lowest BCUT2D eigenvalue weighted by molar-refractivity contribution is 0.669. The zero-order valence-electron chi connectivity index (χ0n) is 25.8. The Hall–Kier alpha value is -6.27. The molecule has 0 aliphatic carbocycles. The second-order valence-electron chi connectivity index (χ2n) is 12.0. The van der Waals surface area contributed by atoms with Crippen molar-refractivity contribution in [1.29, 1.82) is 0 Å². The van der Waals surface area contributed by atoms with Gasteiger partial charge in [-0.05, 0) is 76.5 Å². The Morgan fingerprint density at radius 2 is 1.11 bits per heavy atom. The highest BCUT2D eigenvalue weighted by Gasteiger charge is 2.15. The van der Waals surface area contributed by atoms with Crippen LogP contribution in [-0.2, 0) is 14.1 Å². The van der Waals surface area contributed by atoms with Gasteiger partial charge in [0.1, 0.15) is 11.2 Å². The highest BCUT2D eigenvalue weighted by atomic mass is 16.3. The Bertz CT molecular complexity index is 2730. The Morgan fingerprint density at radius 3 is 1.91 bits per heavy atom. The van der Waals surface area contributed by atoms with E-state index in [0.717, 1.165) is 77.6 Å². The van der Waals surface area contributed by atoms with E-state index in [4.69, 9.17) is 14.4 Å². The van der Waals surface area contributed by atoms with Crippen LogP contribution >= 0.6 is 0 Å². The highest BCUT2D eigenvalue weighted by molar-refractivity contribution is 6.11. The van der Waals surface area contributed by atoms with Crippen LogP contribution < -0.4 is 5.69 Å². The van der Waals surface area contributed by atoms with Crippen molar-refractivity contribution in [3.63, 3.8) is 0 Å². The number of fused-ring (bicyclic) bond motifs is 5. The number of rotatable bonds is 4. The number of aryl methyl sites for hydroxylation is 2. The molecule has 224 valence electrons. The molecule has 0 fully saturated rings. The molecule has 9 rings (SSSR count). The molecule has 0 aliphatic heterocycles. The van der Waals surface area contributed by atoms with Crippen LogP contribution in [0.2, 0.25) is 0 Å². The van der Waals surface area contributed by atoms with E-state index in [-0.39, 0.29) is 5.69 Å². The Labute approximate surface area is 269 Å². The molecule has 3 aromatic heterocycles. The van der Waals surface area contributed by atoms with Gasteiger partial charge in [0, 0.05) is 41.6 Å². The highest BCUT2D eigenvalue weighted by Crippen LogP contribution is 2.36. The van der Waals surface area contributed by atoms with Gasteiger partial charge in [0.2, 0.25) is 0 Å². The second kappa shape index (κ2) is 10.4. The zero-order valence-corrected chi connectivity index (χ0v) is 25.8. The van der Waals surface area contributed by atoms with Crippen molar-refractivity contribution in [3.8, 4) is 45.0 Å². The lowest BCUT2D eigenvalue weighted by Gasteiger charge is -2.11. The molecule has 0 unspecified atom stereocenters. The summed E-state index contributed by atoms with van der Waals surface area (Å²) in [7, 11) is 3.61. The third-order valence-corrected chi connectivity index (χ3v) is 9.16. The van der Waals surface area contributed by atoms with Crippen LogP contribution in [0.3, 0.4) is 0 Å². The minimum Gasteiger partial charge on any atom is -0.456 e. The van der Waals surface area contributed by atoms with Crippen LogP contribution in [0.4, 0.5) is 0 Å². The molecule has 0 bridgehead atoms. The molecule has 6 aromatic carbocycles. The standard InChI is InChI=1S/C41H28N4O2/c1-44-36-17-15-29(22-37(36)45(2)41(44)46)26-13-8-14-30(19-26)34-24-35(43-40(42-34)25-9-4-3-5-10-25)31-16-18-38-32(21-31)33-20-27-11-6-7-12-28(27)23-39(33)47-38/h3-24H,1-2H3. The van der Waals surface area contributed by atoms with E-state index >= 15 is 0 Å². The van der Waals surface area contributed by atoms with E-state index in [9.17, 15) is 4.79 Å². The van der Waals surface area contributed by atoms with Crippen molar-refractivity contribution in [2.24, 2.45) is 14.1 Å². The third-order valence-electron chi connectivity index (χ3n) is 9.16. The SMILES string of the molecule is Cn1c(=O)n(C)c2cc(-c3cccc(-c4cc(-c5ccc6oc7cc8ccccc8cc7c6c5)nc(-c5ccccc5)n4)c3)ccc21. The molecule has 0 aliphatic rings. The van der Waals surface area contributed by atoms with Crippen molar-refractivity contribution in [1.82, 2.24) is 19.1 Å². The molecule has 3 heterocycles. The molecule has 9 aromatic rings. The lowest BCUT2D eigenvalue weighted by atomic mass is 9.99. The fourth-order valence-electron chi connectivity index (χ4n) is 6.63. The van der Waals surface area contributed by atoms with Gasteiger partial charge in [-0.2, -0.15) is 0 Å². The molecule has 0 N–H and O–H groups in total. The largest absolute Gasteiger partial charge is 0.456 e. The van der Waals surface area contributed by atoms with E-state index in [1.165, 1.54) is 5.39 Å². The number of imidazole rings is 1. The predicted octanol–water partition coefficient (Wildman–Crippen LogP) is 9.39. The van der Waals surface area contributed by atoms with E-state index < -0.39 is 0 Å². The number of benzene rings is 6. The van der Waals surface area contributed by atoms with E-state index in [2.05, 4.69) is 84.9 Å². The van der Waals surface area contributed by atoms with Gasteiger partial charge in [0.05, 0.1) is 22.4 Å². The van der Waals surface area contributed by atoms with Crippen LogP contribution in [0.5, 0.6) is 0 Å². The van der Waals surface area contributed by atoms with E-state index in [1.807, 2.05) is 55.6 Å². The average molecular weight is 609 g/mol. The topological polar surface area (TPSA) is 65.8 Å². The summed E-state index contributed by atoms with van der Waals surface area (Å²) in [5.74, 6) is 0.660. The van der Waals surface area contributed by atoms with Gasteiger partial charge in [-0.1, -0.05) is 78.9 Å². The molecular formula is C41H28N4O2. The molecule has 6 nitrogen and oxygen atoms in total. The summed E-state index contributed by atoms with van der Waals surface area (Å²) in [6.45, 7) is 0. The average Bonchev–Trinajstić information content (AvgIpc) is 3.59. The van der Waals surface area contributed by atoms with Gasteiger partial charge in [0.25, 0.3) is 0 Å². The number of nitrogens with zero attached hydrogens (tertiary/aromatic N) is 4. The van der Waals surface area contributed by atoms with Crippen LogP contribution in [-0.4, -0.2) is 19.1 Å². The van der Waals surface area contributed by atoms with Crippen molar-refractivity contribution in [2.45, 2.75) is 0 Å². The van der Waals surface area contributed by atoms with Crippen molar-refractivity contribution < 1.29 is 4.42 Å². The molecule has 0 amide bonds. The summed E-state index contributed by atoms with van der Waals surface area (Å²) >= 11 is 0. The Balaban J connectivity index is 1.20. The zero-order chi connectivity index (χ0) is 31.6. The summed E-state index contributed by atoms with van der Waals surface area (Å²) in [5, 5.41) is 4.47. The van der Waals surface area contributed by atoms with Crippen molar-refractivity contribution in [3.05, 3.63) is 144 Å². The first kappa shape index (κ1) is 27.1. The fourth-order valence-corrected chi connectivity index (χ4v) is 6.63. The smallest absolute Gasteiger partial charge is 0.328 e. The van der Waals surface area contributed by atoms with Gasteiger partial charge >= 0.3 is 5.69 Å². The maximum atomic E-state index is 12.6. The molecule has 0 saturated carbocycles. The molecule has 0 spiro atoms. The van der Waals surface area contributed by atoms with Crippen LogP contribution in [0.1, 0.15) is 0 Å². The first-order chi connectivity index (χ1) is 23.0. The van der Waals surface area contributed by atoms with Gasteiger partial charge in [-0.25, -0.2) is 14.8 Å². The molecule has 0 saturated heterocycles. The van der Waals surface area contributed by atoms with Crippen LogP contribution in [0.15, 0.2) is 143 Å². The number of furan rings is 1. The monoisotopic (exact) mass is 608 g/mol. The van der Waals surface area contributed by atoms with Gasteiger partial charge in [-0.3, -0.25) is 9.13 Å². The number of hydrogen-bond acceptors (Lipinski definition) is 4. The molecule has 47 heavy (non-hydrogen) atoms. The maximum absolute atomic E-state index is 12.6. The molecule has 0 radical (unpaired) electrons. The van der Waals surface area contributed by atoms with Crippen LogP contribution in [0, 0.1) is 0 Å². The normalized spacial score (nSPS) is 11.7. The fraction of sp³-hybridized carbons (Fsp3) is 0.0488. The lowest BCUT2D eigenvalue weighted by Crippen LogP contribution is -2.19. The summed E-state index contributed by atoms with van der Waals surface area (Å²) in [5.41, 5.74) is 10.1. The summed E-state index contributed by atoms with van der Waals surface area (Å²) in [6, 6.07) is 45.6. The molecular weight excluding hydrogens is 580 g/mol. The molecule has 0 atom stereocenters. The quantitative estimate of drug-likeness (QED) is 0.200. The number of hydrogen-bond donors (Lipinski definition) is 0.